The van der Waals surface area contributed by atoms with Crippen LogP contribution in [0.3, 0.4) is 0 Å². The number of aliphatic hydroxyl groups is 3. The Morgan fingerprint density at radius 1 is 1.23 bits per heavy atom. The molecule has 0 aromatic rings. The molecule has 22 heavy (non-hydrogen) atoms. The van der Waals surface area contributed by atoms with Crippen LogP contribution in [0.25, 0.3) is 0 Å². The number of hydrogen-bond acceptors (Lipinski definition) is 5. The third-order valence-corrected chi connectivity index (χ3v) is 4.14. The maximum Gasteiger partial charge on any atom is 0.306 e. The summed E-state index contributed by atoms with van der Waals surface area (Å²) in [5.41, 5.74) is -1.16. The molecule has 4 atom stereocenters. The first kappa shape index (κ1) is 21.3. The van der Waals surface area contributed by atoms with Crippen LogP contribution in [0.4, 0.5) is 0 Å². The van der Waals surface area contributed by atoms with E-state index in [4.69, 9.17) is 5.11 Å². The van der Waals surface area contributed by atoms with Gasteiger partial charge in [0, 0.05) is 6.54 Å². The van der Waals surface area contributed by atoms with E-state index in [0.717, 1.165) is 6.42 Å². The molecular formula is C16H33NO5. The van der Waals surface area contributed by atoms with E-state index in [-0.39, 0.29) is 5.92 Å². The summed E-state index contributed by atoms with van der Waals surface area (Å²) in [6, 6.07) is 0. The van der Waals surface area contributed by atoms with Crippen LogP contribution < -0.4 is 0 Å². The molecule has 4 unspecified atom stereocenters. The van der Waals surface area contributed by atoms with Crippen LogP contribution in [0.1, 0.15) is 59.3 Å². The average Bonchev–Trinajstić information content (AvgIpc) is 2.43. The molecule has 4 N–H and O–H groups in total. The highest BCUT2D eigenvalue weighted by Gasteiger charge is 2.32. The standard InChI is InChI=1S/C16H33NO5/c1-5-10-16(3,22)15(21)17(4)11-9-13(18)8-6-7-12(2)14(19)20/h12-13,15,18,21-22H,5-11H2,1-4H3,(H,19,20). The minimum Gasteiger partial charge on any atom is -0.481 e. The fraction of sp³-hybridized carbons (Fsp3) is 0.938. The highest BCUT2D eigenvalue weighted by atomic mass is 16.4. The molecule has 0 bridgehead atoms. The fourth-order valence-electron chi connectivity index (χ4n) is 2.51. The van der Waals surface area contributed by atoms with Crippen LogP contribution in [-0.2, 0) is 4.79 Å². The molecule has 0 spiro atoms. The summed E-state index contributed by atoms with van der Waals surface area (Å²) in [6.45, 7) is 5.69. The quantitative estimate of drug-likeness (QED) is 0.406. The van der Waals surface area contributed by atoms with E-state index < -0.39 is 23.9 Å². The van der Waals surface area contributed by atoms with Gasteiger partial charge in [-0.05, 0) is 39.7 Å². The van der Waals surface area contributed by atoms with E-state index in [1.807, 2.05) is 6.92 Å². The van der Waals surface area contributed by atoms with Crippen molar-refractivity contribution in [1.82, 2.24) is 4.90 Å². The van der Waals surface area contributed by atoms with Crippen molar-refractivity contribution in [3.63, 3.8) is 0 Å². The van der Waals surface area contributed by atoms with E-state index in [1.165, 1.54) is 0 Å². The summed E-state index contributed by atoms with van der Waals surface area (Å²) < 4.78 is 0. The predicted molar refractivity (Wildman–Crippen MR) is 85.4 cm³/mol. The predicted octanol–water partition coefficient (Wildman–Crippen LogP) is 1.43. The van der Waals surface area contributed by atoms with Gasteiger partial charge in [0.1, 0.15) is 11.8 Å². The van der Waals surface area contributed by atoms with Gasteiger partial charge in [0.15, 0.2) is 0 Å². The Bertz CT molecular complexity index is 322. The maximum atomic E-state index is 10.7. The molecule has 6 nitrogen and oxygen atoms in total. The second kappa shape index (κ2) is 10.2. The second-order valence-electron chi connectivity index (χ2n) is 6.57. The van der Waals surface area contributed by atoms with Crippen molar-refractivity contribution in [2.24, 2.45) is 5.92 Å². The summed E-state index contributed by atoms with van der Waals surface area (Å²) in [4.78, 5) is 12.3. The van der Waals surface area contributed by atoms with Crippen LogP contribution in [0.5, 0.6) is 0 Å². The Morgan fingerprint density at radius 2 is 1.82 bits per heavy atom. The third kappa shape index (κ3) is 8.08. The van der Waals surface area contributed by atoms with Crippen molar-refractivity contribution in [2.45, 2.75) is 77.2 Å². The van der Waals surface area contributed by atoms with Gasteiger partial charge in [0.25, 0.3) is 0 Å². The van der Waals surface area contributed by atoms with Gasteiger partial charge in [-0.2, -0.15) is 0 Å². The van der Waals surface area contributed by atoms with Crippen LogP contribution in [0, 0.1) is 5.92 Å². The monoisotopic (exact) mass is 319 g/mol. The summed E-state index contributed by atoms with van der Waals surface area (Å²) in [5.74, 6) is -1.20. The zero-order chi connectivity index (χ0) is 17.3. The lowest BCUT2D eigenvalue weighted by atomic mass is 9.97. The van der Waals surface area contributed by atoms with Gasteiger partial charge >= 0.3 is 5.97 Å². The summed E-state index contributed by atoms with van der Waals surface area (Å²) >= 11 is 0. The molecule has 0 saturated carbocycles. The number of carboxylic acids is 1. The SMILES string of the molecule is CCCC(C)(O)C(O)N(C)CCC(O)CCCC(C)C(=O)O. The molecule has 0 amide bonds. The van der Waals surface area contributed by atoms with Gasteiger partial charge in [0.2, 0.25) is 0 Å². The molecule has 0 fully saturated rings. The first-order chi connectivity index (χ1) is 10.1. The Hall–Kier alpha value is -0.690. The number of carboxylic acid groups (broad SMARTS) is 1. The second-order valence-corrected chi connectivity index (χ2v) is 6.57. The van der Waals surface area contributed by atoms with Crippen molar-refractivity contribution in [3.05, 3.63) is 0 Å². The Balaban J connectivity index is 4.03. The van der Waals surface area contributed by atoms with Crippen molar-refractivity contribution < 1.29 is 25.2 Å². The van der Waals surface area contributed by atoms with Crippen LogP contribution in [0.2, 0.25) is 0 Å². The number of nitrogens with zero attached hydrogens (tertiary/aromatic N) is 1. The van der Waals surface area contributed by atoms with Crippen molar-refractivity contribution >= 4 is 5.97 Å². The maximum absolute atomic E-state index is 10.7. The minimum atomic E-state index is -1.16. The summed E-state index contributed by atoms with van der Waals surface area (Å²) in [5, 5.41) is 39.0. The minimum absolute atomic E-state index is 0.388. The topological polar surface area (TPSA) is 101 Å². The number of carbonyl (C=O) groups is 1. The largest absolute Gasteiger partial charge is 0.481 e. The molecule has 0 heterocycles. The molecule has 132 valence electrons. The molecule has 0 radical (unpaired) electrons. The first-order valence-electron chi connectivity index (χ1n) is 8.13. The van der Waals surface area contributed by atoms with E-state index >= 15 is 0 Å². The Kier molecular flexibility index (Phi) is 9.84. The lowest BCUT2D eigenvalue weighted by molar-refractivity contribution is -0.141. The number of aliphatic hydroxyl groups excluding tert-OH is 2. The highest BCUT2D eigenvalue weighted by Crippen LogP contribution is 2.20. The van der Waals surface area contributed by atoms with E-state index in [2.05, 4.69) is 0 Å². The van der Waals surface area contributed by atoms with Gasteiger partial charge in [0.05, 0.1) is 12.0 Å². The Morgan fingerprint density at radius 3 is 2.32 bits per heavy atom. The molecule has 0 saturated heterocycles. The average molecular weight is 319 g/mol. The first-order valence-corrected chi connectivity index (χ1v) is 8.13. The van der Waals surface area contributed by atoms with E-state index in [0.29, 0.717) is 38.6 Å². The van der Waals surface area contributed by atoms with Crippen molar-refractivity contribution in [2.75, 3.05) is 13.6 Å². The summed E-state index contributed by atoms with van der Waals surface area (Å²) in [7, 11) is 1.72. The van der Waals surface area contributed by atoms with Gasteiger partial charge in [-0.15, -0.1) is 0 Å². The smallest absolute Gasteiger partial charge is 0.306 e. The zero-order valence-corrected chi connectivity index (χ0v) is 14.3. The van der Waals surface area contributed by atoms with E-state index in [9.17, 15) is 20.1 Å². The lowest BCUT2D eigenvalue weighted by Crippen LogP contribution is -2.50. The van der Waals surface area contributed by atoms with Crippen molar-refractivity contribution in [1.29, 1.82) is 0 Å². The highest BCUT2D eigenvalue weighted by molar-refractivity contribution is 5.69. The van der Waals surface area contributed by atoms with E-state index in [1.54, 1.807) is 25.8 Å². The molecule has 0 aliphatic heterocycles. The van der Waals surface area contributed by atoms with Gasteiger partial charge in [-0.3, -0.25) is 9.69 Å². The molecular weight excluding hydrogens is 286 g/mol. The number of likely N-dealkylation sites (N-methyl/N-ethyl adjacent to an activating group) is 1. The van der Waals surface area contributed by atoms with Crippen molar-refractivity contribution in [3.8, 4) is 0 Å². The number of rotatable bonds is 12. The summed E-state index contributed by atoms with van der Waals surface area (Å²) in [6.07, 6.45) is 2.05. The van der Waals surface area contributed by atoms with Gasteiger partial charge < -0.3 is 20.4 Å². The molecule has 0 rings (SSSR count). The third-order valence-electron chi connectivity index (χ3n) is 4.14. The van der Waals surface area contributed by atoms with Gasteiger partial charge in [-0.1, -0.05) is 26.7 Å². The number of hydrogen-bond donors (Lipinski definition) is 4. The number of aliphatic carboxylic acids is 1. The lowest BCUT2D eigenvalue weighted by Gasteiger charge is -2.35. The molecule has 0 aliphatic carbocycles. The Labute approximate surface area is 133 Å². The fourth-order valence-corrected chi connectivity index (χ4v) is 2.51. The molecule has 0 aromatic carbocycles. The van der Waals surface area contributed by atoms with Crippen LogP contribution in [-0.4, -0.2) is 62.8 Å². The zero-order valence-electron chi connectivity index (χ0n) is 14.3. The van der Waals surface area contributed by atoms with Crippen LogP contribution >= 0.6 is 0 Å². The molecule has 6 heteroatoms. The van der Waals surface area contributed by atoms with Crippen LogP contribution in [0.15, 0.2) is 0 Å². The molecule has 0 aromatic heterocycles. The van der Waals surface area contributed by atoms with Gasteiger partial charge in [-0.25, -0.2) is 0 Å². The normalized spacial score (nSPS) is 18.7. The molecule has 0 aliphatic rings.